The minimum absolute atomic E-state index is 0.0122. The highest BCUT2D eigenvalue weighted by Gasteiger charge is 2.30. The second-order valence-corrected chi connectivity index (χ2v) is 10.5. The van der Waals surface area contributed by atoms with Crippen LogP contribution in [0.2, 0.25) is 0 Å². The van der Waals surface area contributed by atoms with E-state index >= 15 is 0 Å². The molecule has 0 aliphatic carbocycles. The molecular formula is C22H26N6O5S2. The molecule has 186 valence electrons. The molecule has 0 saturated carbocycles. The van der Waals surface area contributed by atoms with E-state index in [1.165, 1.54) is 18.3 Å². The van der Waals surface area contributed by atoms with Crippen molar-refractivity contribution in [2.24, 2.45) is 5.92 Å². The predicted octanol–water partition coefficient (Wildman–Crippen LogP) is 2.68. The van der Waals surface area contributed by atoms with Crippen LogP contribution in [-0.4, -0.2) is 43.9 Å². The van der Waals surface area contributed by atoms with Gasteiger partial charge in [-0.1, -0.05) is 13.8 Å². The predicted molar refractivity (Wildman–Crippen MR) is 128 cm³/mol. The third kappa shape index (κ3) is 5.11. The minimum atomic E-state index is -0.992. The van der Waals surface area contributed by atoms with Crippen molar-refractivity contribution in [1.29, 1.82) is 0 Å². The maximum absolute atomic E-state index is 13.0. The molecule has 3 amide bonds. The van der Waals surface area contributed by atoms with Gasteiger partial charge in [0.25, 0.3) is 17.7 Å². The van der Waals surface area contributed by atoms with Gasteiger partial charge in [0.1, 0.15) is 39.2 Å². The maximum atomic E-state index is 13.0. The number of aryl methyl sites for hydroxylation is 1. The van der Waals surface area contributed by atoms with E-state index in [1.807, 2.05) is 13.8 Å². The van der Waals surface area contributed by atoms with E-state index in [0.29, 0.717) is 10.0 Å². The van der Waals surface area contributed by atoms with E-state index in [-0.39, 0.29) is 34.7 Å². The Labute approximate surface area is 209 Å². The first-order chi connectivity index (χ1) is 16.5. The number of rotatable bonds is 2. The van der Waals surface area contributed by atoms with E-state index in [9.17, 15) is 19.5 Å². The van der Waals surface area contributed by atoms with Crippen molar-refractivity contribution in [3.63, 3.8) is 0 Å². The van der Waals surface area contributed by atoms with Crippen LogP contribution in [-0.2, 0) is 0 Å². The SMILES string of the molecule is Cc1oc2nc1C(=O)NC([C@@H](C)O)c1nc(cs1)C(=O)N[C@H](C(C)C)c1nc(cs1)C(=O)N[C@@H]2C. The van der Waals surface area contributed by atoms with Gasteiger partial charge in [-0.25, -0.2) is 15.0 Å². The number of hydrogen-bond acceptors (Lipinski definition) is 10. The molecule has 1 aliphatic heterocycles. The van der Waals surface area contributed by atoms with Crippen LogP contribution in [0.15, 0.2) is 15.2 Å². The molecule has 0 fully saturated rings. The lowest BCUT2D eigenvalue weighted by Gasteiger charge is -2.20. The van der Waals surface area contributed by atoms with Crippen LogP contribution >= 0.6 is 22.7 Å². The summed E-state index contributed by atoms with van der Waals surface area (Å²) in [6.07, 6.45) is -0.992. The number of aliphatic hydroxyl groups is 1. The number of nitrogens with zero attached hydrogens (tertiary/aromatic N) is 3. The third-order valence-corrected chi connectivity index (χ3v) is 7.37. The van der Waals surface area contributed by atoms with Crippen LogP contribution in [0.4, 0.5) is 0 Å². The smallest absolute Gasteiger partial charge is 0.274 e. The van der Waals surface area contributed by atoms with Crippen LogP contribution in [0, 0.1) is 12.8 Å². The molecular weight excluding hydrogens is 492 g/mol. The molecule has 4 rings (SSSR count). The normalized spacial score (nSPS) is 22.1. The summed E-state index contributed by atoms with van der Waals surface area (Å²) in [5, 5.41) is 22.9. The molecule has 4 atom stereocenters. The van der Waals surface area contributed by atoms with Crippen molar-refractivity contribution in [2.75, 3.05) is 0 Å². The van der Waals surface area contributed by atoms with Gasteiger partial charge in [-0.05, 0) is 26.7 Å². The molecule has 1 unspecified atom stereocenters. The number of amides is 3. The van der Waals surface area contributed by atoms with E-state index in [2.05, 4.69) is 30.9 Å². The van der Waals surface area contributed by atoms with Crippen molar-refractivity contribution in [3.8, 4) is 0 Å². The fourth-order valence-corrected chi connectivity index (χ4v) is 5.51. The number of aromatic nitrogens is 3. The molecule has 4 N–H and O–H groups in total. The number of oxazole rings is 1. The summed E-state index contributed by atoms with van der Waals surface area (Å²) in [7, 11) is 0. The first kappa shape index (κ1) is 24.9. The summed E-state index contributed by atoms with van der Waals surface area (Å²) >= 11 is 2.43. The monoisotopic (exact) mass is 518 g/mol. The lowest BCUT2D eigenvalue weighted by molar-refractivity contribution is 0.0851. The number of hydrogen-bond donors (Lipinski definition) is 4. The van der Waals surface area contributed by atoms with E-state index in [4.69, 9.17) is 4.42 Å². The van der Waals surface area contributed by atoms with Crippen LogP contribution in [0.1, 0.15) is 99.0 Å². The number of carbonyl (C=O) groups is 3. The van der Waals surface area contributed by atoms with Gasteiger partial charge in [-0.2, -0.15) is 0 Å². The van der Waals surface area contributed by atoms with Crippen LogP contribution in [0.5, 0.6) is 0 Å². The van der Waals surface area contributed by atoms with Gasteiger partial charge in [-0.15, -0.1) is 22.7 Å². The van der Waals surface area contributed by atoms with E-state index in [0.717, 1.165) is 11.3 Å². The second-order valence-electron chi connectivity index (χ2n) is 8.68. The van der Waals surface area contributed by atoms with Crippen molar-refractivity contribution in [3.05, 3.63) is 49.5 Å². The Morgan fingerprint density at radius 3 is 2.00 bits per heavy atom. The number of carbonyl (C=O) groups excluding carboxylic acids is 3. The first-order valence-corrected chi connectivity index (χ1v) is 12.8. The van der Waals surface area contributed by atoms with Gasteiger partial charge >= 0.3 is 0 Å². The topological polar surface area (TPSA) is 159 Å². The third-order valence-electron chi connectivity index (χ3n) is 5.51. The molecule has 1 aliphatic rings. The van der Waals surface area contributed by atoms with Gasteiger partial charge in [-0.3, -0.25) is 14.4 Å². The quantitative estimate of drug-likeness (QED) is 0.403. The summed E-state index contributed by atoms with van der Waals surface area (Å²) in [6.45, 7) is 8.67. The summed E-state index contributed by atoms with van der Waals surface area (Å²) in [5.74, 6) is -1.02. The van der Waals surface area contributed by atoms with Gasteiger partial charge < -0.3 is 25.5 Å². The highest BCUT2D eigenvalue weighted by Crippen LogP contribution is 2.28. The highest BCUT2D eigenvalue weighted by atomic mass is 32.1. The number of aliphatic hydroxyl groups excluding tert-OH is 1. The zero-order valence-corrected chi connectivity index (χ0v) is 21.4. The Hall–Kier alpha value is -3.16. The zero-order valence-electron chi connectivity index (χ0n) is 19.8. The largest absolute Gasteiger partial charge is 0.443 e. The van der Waals surface area contributed by atoms with Gasteiger partial charge in [0.05, 0.1) is 12.1 Å². The van der Waals surface area contributed by atoms with Crippen LogP contribution in [0.25, 0.3) is 0 Å². The molecule has 3 aromatic rings. The Kier molecular flexibility index (Phi) is 7.01. The maximum Gasteiger partial charge on any atom is 0.274 e. The molecule has 0 saturated heterocycles. The van der Waals surface area contributed by atoms with E-state index < -0.39 is 42.0 Å². The molecule has 3 aromatic heterocycles. The van der Waals surface area contributed by atoms with Crippen molar-refractivity contribution < 1.29 is 23.9 Å². The van der Waals surface area contributed by atoms with Crippen molar-refractivity contribution in [1.82, 2.24) is 30.9 Å². The highest BCUT2D eigenvalue weighted by molar-refractivity contribution is 7.10. The zero-order chi connectivity index (χ0) is 25.4. The summed E-state index contributed by atoms with van der Waals surface area (Å²) in [6, 6.07) is -1.95. The summed E-state index contributed by atoms with van der Waals surface area (Å²) in [5.41, 5.74) is 0.382. The second kappa shape index (κ2) is 9.84. The molecule has 0 spiro atoms. The molecule has 0 aromatic carbocycles. The number of nitrogens with one attached hydrogen (secondary N) is 3. The standard InChI is InChI=1S/C22H26N6O5S2/c1-8(2)14-21-24-12(6-34-21)17(30)23-9(3)20-28-16(11(5)33-20)19(32)27-15(10(4)29)22-25-13(7-35-22)18(31)26-14/h6-10,14-15,29H,1-5H3,(H,23,30)(H,26,31)(H,27,32)/t9-,10-,14-,15?/m1/s1. The molecule has 0 radical (unpaired) electrons. The lowest BCUT2D eigenvalue weighted by Crippen LogP contribution is -2.36. The van der Waals surface area contributed by atoms with Crippen molar-refractivity contribution in [2.45, 2.75) is 58.8 Å². The van der Waals surface area contributed by atoms with Crippen LogP contribution < -0.4 is 16.0 Å². The molecule has 35 heavy (non-hydrogen) atoms. The fraction of sp³-hybridized carbons (Fsp3) is 0.455. The fourth-order valence-electron chi connectivity index (χ4n) is 3.54. The van der Waals surface area contributed by atoms with Gasteiger partial charge in [0.15, 0.2) is 5.69 Å². The average molecular weight is 519 g/mol. The van der Waals surface area contributed by atoms with Gasteiger partial charge in [0, 0.05) is 10.8 Å². The summed E-state index contributed by atoms with van der Waals surface area (Å²) in [4.78, 5) is 51.9. The van der Waals surface area contributed by atoms with Crippen LogP contribution in [0.3, 0.4) is 0 Å². The Bertz CT molecular complexity index is 1260. The molecule has 6 bridgehead atoms. The number of fused-ring (bicyclic) bond motifs is 6. The first-order valence-electron chi connectivity index (χ1n) is 11.0. The minimum Gasteiger partial charge on any atom is -0.443 e. The number of thiazole rings is 2. The lowest BCUT2D eigenvalue weighted by atomic mass is 10.1. The Morgan fingerprint density at radius 2 is 1.43 bits per heavy atom. The summed E-state index contributed by atoms with van der Waals surface area (Å²) < 4.78 is 5.65. The van der Waals surface area contributed by atoms with E-state index in [1.54, 1.807) is 24.6 Å². The molecule has 4 heterocycles. The average Bonchev–Trinajstić information content (AvgIpc) is 3.54. The molecule has 13 heteroatoms. The van der Waals surface area contributed by atoms with Gasteiger partial charge in [0.2, 0.25) is 5.89 Å². The Balaban J connectivity index is 1.77. The molecule has 11 nitrogen and oxygen atoms in total. The van der Waals surface area contributed by atoms with Crippen molar-refractivity contribution >= 4 is 40.4 Å². The Morgan fingerprint density at radius 1 is 0.886 bits per heavy atom.